The minimum absolute atomic E-state index is 0.0853. The lowest BCUT2D eigenvalue weighted by Gasteiger charge is -2.30. The predicted molar refractivity (Wildman–Crippen MR) is 76.7 cm³/mol. The quantitative estimate of drug-likeness (QED) is 0.787. The molecule has 0 atom stereocenters. The minimum Gasteiger partial charge on any atom is -0.394 e. The maximum atomic E-state index is 11.9. The summed E-state index contributed by atoms with van der Waals surface area (Å²) in [5.74, 6) is 0. The first-order chi connectivity index (χ1) is 8.82. The topological polar surface area (TPSA) is 84.4 Å². The normalized spacial score (nSPS) is 11.7. The second-order valence-electron chi connectivity index (χ2n) is 5.32. The minimum atomic E-state index is -0.398. The Labute approximate surface area is 117 Å². The van der Waals surface area contributed by atoms with Crippen molar-refractivity contribution in [2.45, 2.75) is 20.4 Å². The van der Waals surface area contributed by atoms with Gasteiger partial charge in [0.1, 0.15) is 5.02 Å². The van der Waals surface area contributed by atoms with Gasteiger partial charge in [0.05, 0.1) is 25.0 Å². The highest BCUT2D eigenvalue weighted by molar-refractivity contribution is 6.33. The van der Waals surface area contributed by atoms with E-state index in [2.05, 4.69) is 5.10 Å². The Morgan fingerprint density at radius 3 is 2.74 bits per heavy atom. The number of halogens is 1. The highest BCUT2D eigenvalue weighted by Crippen LogP contribution is 2.23. The molecule has 7 heteroatoms. The Morgan fingerprint density at radius 2 is 2.21 bits per heavy atom. The Morgan fingerprint density at radius 1 is 1.58 bits per heavy atom. The van der Waals surface area contributed by atoms with Gasteiger partial charge in [0.15, 0.2) is 0 Å². The molecule has 0 amide bonds. The van der Waals surface area contributed by atoms with Gasteiger partial charge in [-0.05, 0) is 12.0 Å². The molecule has 0 unspecified atom stereocenters. The number of rotatable bonds is 6. The van der Waals surface area contributed by atoms with E-state index >= 15 is 0 Å². The maximum absolute atomic E-state index is 11.9. The highest BCUT2D eigenvalue weighted by Gasteiger charge is 2.21. The number of hydrogen-bond acceptors (Lipinski definition) is 5. The second kappa shape index (κ2) is 6.36. The van der Waals surface area contributed by atoms with Crippen LogP contribution in [0.15, 0.2) is 11.0 Å². The summed E-state index contributed by atoms with van der Waals surface area (Å²) in [6.07, 6.45) is 1.53. The summed E-state index contributed by atoms with van der Waals surface area (Å²) in [5, 5.41) is 12.9. The van der Waals surface area contributed by atoms with Crippen LogP contribution < -0.4 is 16.2 Å². The molecule has 0 aliphatic carbocycles. The van der Waals surface area contributed by atoms with E-state index in [-0.39, 0.29) is 23.6 Å². The molecule has 0 aliphatic heterocycles. The summed E-state index contributed by atoms with van der Waals surface area (Å²) in [5.41, 5.74) is 5.78. The fourth-order valence-electron chi connectivity index (χ4n) is 1.77. The van der Waals surface area contributed by atoms with E-state index in [0.29, 0.717) is 18.8 Å². The Kier molecular flexibility index (Phi) is 5.34. The molecule has 0 aromatic carbocycles. The summed E-state index contributed by atoms with van der Waals surface area (Å²) < 4.78 is 1.15. The van der Waals surface area contributed by atoms with Gasteiger partial charge in [-0.25, -0.2) is 4.68 Å². The molecular formula is C12H21ClN4O2. The molecule has 0 spiro atoms. The van der Waals surface area contributed by atoms with Gasteiger partial charge in [-0.3, -0.25) is 4.79 Å². The van der Waals surface area contributed by atoms with E-state index in [4.69, 9.17) is 22.4 Å². The van der Waals surface area contributed by atoms with Crippen LogP contribution in [0, 0.1) is 5.41 Å². The van der Waals surface area contributed by atoms with Crippen molar-refractivity contribution < 1.29 is 5.11 Å². The first-order valence-corrected chi connectivity index (χ1v) is 6.48. The summed E-state index contributed by atoms with van der Waals surface area (Å²) in [4.78, 5) is 13.8. The molecule has 19 heavy (non-hydrogen) atoms. The van der Waals surface area contributed by atoms with Crippen LogP contribution in [0.25, 0.3) is 0 Å². The number of aromatic nitrogens is 2. The summed E-state index contributed by atoms with van der Waals surface area (Å²) in [7, 11) is 1.84. The van der Waals surface area contributed by atoms with Gasteiger partial charge in [0, 0.05) is 13.6 Å². The fourth-order valence-corrected chi connectivity index (χ4v) is 2.06. The standard InChI is InChI=1S/C12H21ClN4O2/c1-12(2,7-14)8-16(3)9-6-15-17(4-5-18)11(19)10(9)13/h6,18H,4-5,7-8,14H2,1-3H3. The third kappa shape index (κ3) is 3.92. The van der Waals surface area contributed by atoms with E-state index in [1.807, 2.05) is 25.8 Å². The van der Waals surface area contributed by atoms with Gasteiger partial charge < -0.3 is 15.7 Å². The Hall–Kier alpha value is -1.11. The molecule has 1 heterocycles. The molecule has 3 N–H and O–H groups in total. The van der Waals surface area contributed by atoms with E-state index in [9.17, 15) is 4.79 Å². The average Bonchev–Trinajstić information content (AvgIpc) is 2.34. The molecule has 0 aliphatic rings. The molecule has 0 bridgehead atoms. The zero-order chi connectivity index (χ0) is 14.6. The molecule has 0 radical (unpaired) electrons. The monoisotopic (exact) mass is 288 g/mol. The summed E-state index contributed by atoms with van der Waals surface area (Å²) >= 11 is 6.07. The van der Waals surface area contributed by atoms with Crippen molar-refractivity contribution in [3.8, 4) is 0 Å². The van der Waals surface area contributed by atoms with Crippen LogP contribution in [0.3, 0.4) is 0 Å². The van der Waals surface area contributed by atoms with Crippen LogP contribution in [0.2, 0.25) is 5.02 Å². The van der Waals surface area contributed by atoms with Gasteiger partial charge in [0.2, 0.25) is 0 Å². The van der Waals surface area contributed by atoms with Crippen molar-refractivity contribution in [1.82, 2.24) is 9.78 Å². The Bertz CT molecular complexity index is 487. The average molecular weight is 289 g/mol. The number of aliphatic hydroxyl groups excluding tert-OH is 1. The van der Waals surface area contributed by atoms with Crippen molar-refractivity contribution in [3.63, 3.8) is 0 Å². The van der Waals surface area contributed by atoms with E-state index in [0.717, 1.165) is 4.68 Å². The van der Waals surface area contributed by atoms with Crippen LogP contribution in [-0.4, -0.2) is 41.6 Å². The molecule has 0 saturated heterocycles. The number of nitrogens with zero attached hydrogens (tertiary/aromatic N) is 3. The van der Waals surface area contributed by atoms with E-state index < -0.39 is 5.56 Å². The first kappa shape index (κ1) is 15.9. The molecule has 1 rings (SSSR count). The zero-order valence-corrected chi connectivity index (χ0v) is 12.3. The van der Waals surface area contributed by atoms with Gasteiger partial charge in [0.25, 0.3) is 5.56 Å². The SMILES string of the molecule is CN(CC(C)(C)CN)c1cnn(CCO)c(=O)c1Cl. The lowest BCUT2D eigenvalue weighted by Crippen LogP contribution is -2.38. The highest BCUT2D eigenvalue weighted by atomic mass is 35.5. The molecule has 1 aromatic heterocycles. The number of nitrogens with two attached hydrogens (primary N) is 1. The van der Waals surface area contributed by atoms with Crippen molar-refractivity contribution in [3.05, 3.63) is 21.6 Å². The van der Waals surface area contributed by atoms with Crippen molar-refractivity contribution in [2.75, 3.05) is 31.6 Å². The molecule has 1 aromatic rings. The fraction of sp³-hybridized carbons (Fsp3) is 0.667. The smallest absolute Gasteiger partial charge is 0.287 e. The molecule has 108 valence electrons. The zero-order valence-electron chi connectivity index (χ0n) is 11.6. The van der Waals surface area contributed by atoms with Crippen molar-refractivity contribution in [2.24, 2.45) is 11.1 Å². The van der Waals surface area contributed by atoms with Gasteiger partial charge in [-0.15, -0.1) is 0 Å². The van der Waals surface area contributed by atoms with Crippen molar-refractivity contribution in [1.29, 1.82) is 0 Å². The molecule has 0 saturated carbocycles. The van der Waals surface area contributed by atoms with E-state index in [1.165, 1.54) is 6.20 Å². The van der Waals surface area contributed by atoms with Gasteiger partial charge >= 0.3 is 0 Å². The largest absolute Gasteiger partial charge is 0.394 e. The summed E-state index contributed by atoms with van der Waals surface area (Å²) in [6, 6.07) is 0. The second-order valence-corrected chi connectivity index (χ2v) is 5.70. The lowest BCUT2D eigenvalue weighted by atomic mass is 9.93. The van der Waals surface area contributed by atoms with Crippen molar-refractivity contribution >= 4 is 17.3 Å². The van der Waals surface area contributed by atoms with E-state index in [1.54, 1.807) is 0 Å². The lowest BCUT2D eigenvalue weighted by molar-refractivity contribution is 0.266. The first-order valence-electron chi connectivity index (χ1n) is 6.10. The number of hydrogen-bond donors (Lipinski definition) is 2. The van der Waals surface area contributed by atoms with Crippen LogP contribution in [-0.2, 0) is 6.54 Å². The van der Waals surface area contributed by atoms with Crippen LogP contribution in [0.4, 0.5) is 5.69 Å². The summed E-state index contributed by atoms with van der Waals surface area (Å²) in [6.45, 7) is 5.25. The molecule has 0 fully saturated rings. The molecular weight excluding hydrogens is 268 g/mol. The van der Waals surface area contributed by atoms with Crippen LogP contribution in [0.5, 0.6) is 0 Å². The Balaban J connectivity index is 3.02. The van der Waals surface area contributed by atoms with Gasteiger partial charge in [-0.2, -0.15) is 5.10 Å². The number of anilines is 1. The molecule has 6 nitrogen and oxygen atoms in total. The predicted octanol–water partition coefficient (Wildman–Crippen LogP) is 0.310. The van der Waals surface area contributed by atoms with Gasteiger partial charge in [-0.1, -0.05) is 25.4 Å². The van der Waals surface area contributed by atoms with Crippen LogP contribution in [0.1, 0.15) is 13.8 Å². The third-order valence-electron chi connectivity index (χ3n) is 2.91. The van der Waals surface area contributed by atoms with Crippen LogP contribution >= 0.6 is 11.6 Å². The third-order valence-corrected chi connectivity index (χ3v) is 3.26. The maximum Gasteiger partial charge on any atom is 0.287 e. The number of aliphatic hydroxyl groups is 1.